The zero-order valence-corrected chi connectivity index (χ0v) is 19.9. The van der Waals surface area contributed by atoms with Crippen molar-refractivity contribution < 1.29 is 26.4 Å². The lowest BCUT2D eigenvalue weighted by molar-refractivity contribution is -0.137. The van der Waals surface area contributed by atoms with Crippen molar-refractivity contribution in [3.63, 3.8) is 0 Å². The molecule has 4 aromatic rings. The number of sulfonamides is 1. The van der Waals surface area contributed by atoms with Crippen LogP contribution in [0.25, 0.3) is 17.2 Å². The second-order valence-corrected chi connectivity index (χ2v) is 9.63. The molecule has 0 radical (unpaired) electrons. The van der Waals surface area contributed by atoms with Gasteiger partial charge in [0.05, 0.1) is 21.2 Å². The van der Waals surface area contributed by atoms with Gasteiger partial charge < -0.3 is 5.73 Å². The molecule has 0 spiro atoms. The number of benzene rings is 2. The third-order valence-electron chi connectivity index (χ3n) is 4.93. The first-order chi connectivity index (χ1) is 16.9. The number of amides is 1. The highest BCUT2D eigenvalue weighted by atomic mass is 35.5. The number of aryl methyl sites for hydroxylation is 1. The minimum Gasteiger partial charge on any atom is -0.363 e. The molecule has 0 saturated heterocycles. The Bertz CT molecular complexity index is 1570. The van der Waals surface area contributed by atoms with Crippen molar-refractivity contribution in [1.82, 2.24) is 19.7 Å². The van der Waals surface area contributed by atoms with Gasteiger partial charge in [-0.1, -0.05) is 29.8 Å². The number of alkyl halides is 3. The Kier molecular flexibility index (Phi) is 6.45. The van der Waals surface area contributed by atoms with E-state index in [0.717, 1.165) is 12.1 Å². The van der Waals surface area contributed by atoms with Crippen LogP contribution in [0.15, 0.2) is 65.7 Å². The Balaban J connectivity index is 1.86. The van der Waals surface area contributed by atoms with E-state index in [1.807, 2.05) is 0 Å². The summed E-state index contributed by atoms with van der Waals surface area (Å²) in [6.07, 6.45) is -3.44. The van der Waals surface area contributed by atoms with Crippen LogP contribution in [0.1, 0.15) is 21.7 Å². The third-order valence-corrected chi connectivity index (χ3v) is 6.62. The molecule has 2 aromatic carbocycles. The van der Waals surface area contributed by atoms with Gasteiger partial charge >= 0.3 is 6.18 Å². The number of nitrogens with two attached hydrogens (primary N) is 1. The van der Waals surface area contributed by atoms with Crippen LogP contribution >= 0.6 is 11.6 Å². The molecule has 186 valence electrons. The summed E-state index contributed by atoms with van der Waals surface area (Å²) in [7, 11) is -4.54. The fraction of sp³-hybridized carbons (Fsp3) is 0.0909. The topological polar surface area (TPSA) is 133 Å². The largest absolute Gasteiger partial charge is 0.417 e. The maximum Gasteiger partial charge on any atom is 0.417 e. The van der Waals surface area contributed by atoms with Gasteiger partial charge in [0, 0.05) is 11.9 Å². The number of halogens is 4. The van der Waals surface area contributed by atoms with E-state index in [0.29, 0.717) is 17.3 Å². The predicted molar refractivity (Wildman–Crippen MR) is 125 cm³/mol. The second-order valence-electron chi connectivity index (χ2n) is 7.54. The van der Waals surface area contributed by atoms with Crippen LogP contribution in [0.4, 0.5) is 18.9 Å². The third kappa shape index (κ3) is 4.88. The summed E-state index contributed by atoms with van der Waals surface area (Å²) in [4.78, 5) is 15.6. The molecule has 0 aliphatic heterocycles. The van der Waals surface area contributed by atoms with Crippen LogP contribution in [0.2, 0.25) is 5.02 Å². The molecule has 0 fully saturated rings. The number of para-hydroxylation sites is 1. The number of nitrogens with one attached hydrogen (secondary N) is 1. The highest BCUT2D eigenvalue weighted by molar-refractivity contribution is 7.92. The molecule has 0 bridgehead atoms. The number of aromatic nitrogens is 4. The zero-order valence-electron chi connectivity index (χ0n) is 18.3. The number of carbonyl (C=O) groups excluding carboxylic acids is 1. The monoisotopic (exact) mass is 536 g/mol. The molecule has 36 heavy (non-hydrogen) atoms. The minimum absolute atomic E-state index is 0.0280. The molecule has 0 aliphatic rings. The molecule has 2 heterocycles. The summed E-state index contributed by atoms with van der Waals surface area (Å²) in [5.41, 5.74) is 4.96. The highest BCUT2D eigenvalue weighted by Crippen LogP contribution is 2.37. The van der Waals surface area contributed by atoms with Crippen LogP contribution in [0.5, 0.6) is 0 Å². The number of pyridine rings is 1. The van der Waals surface area contributed by atoms with E-state index in [1.54, 1.807) is 37.3 Å². The Morgan fingerprint density at radius 2 is 1.78 bits per heavy atom. The standard InChI is InChI=1S/C22H16ClF3N6O3S/c1-12-9-17(31-36(34,35)14-7-8-16(23)15(10-14)22(24,25)26)18(28-11-12)20-29-30-21(19(27)33)32(20)13-5-3-2-4-6-13/h2-11,31H,1H3,(H2,27,33). The Hall–Kier alpha value is -3.97. The molecule has 0 aliphatic carbocycles. The van der Waals surface area contributed by atoms with Gasteiger partial charge in [-0.05, 0) is 48.9 Å². The van der Waals surface area contributed by atoms with E-state index in [-0.39, 0.29) is 23.0 Å². The summed E-state index contributed by atoms with van der Waals surface area (Å²) in [6.45, 7) is 1.63. The SMILES string of the molecule is Cc1cnc(-c2nnc(C(N)=O)n2-c2ccccc2)c(NS(=O)(=O)c2ccc(Cl)c(C(F)(F)F)c2)c1. The molecule has 4 rings (SSSR count). The number of hydrogen-bond donors (Lipinski definition) is 2. The summed E-state index contributed by atoms with van der Waals surface area (Å²) in [5, 5.41) is 7.16. The first-order valence-electron chi connectivity index (χ1n) is 10.1. The normalized spacial score (nSPS) is 11.9. The summed E-state index contributed by atoms with van der Waals surface area (Å²) < 4.78 is 69.6. The molecule has 0 saturated carbocycles. The van der Waals surface area contributed by atoms with Gasteiger partial charge in [-0.2, -0.15) is 13.2 Å². The van der Waals surface area contributed by atoms with Crippen LogP contribution in [0.3, 0.4) is 0 Å². The summed E-state index contributed by atoms with van der Waals surface area (Å²) >= 11 is 5.62. The number of nitrogens with zero attached hydrogens (tertiary/aromatic N) is 4. The molecule has 1 amide bonds. The van der Waals surface area contributed by atoms with Crippen LogP contribution in [-0.2, 0) is 16.2 Å². The van der Waals surface area contributed by atoms with Crippen LogP contribution in [-0.4, -0.2) is 34.1 Å². The maximum atomic E-state index is 13.3. The molecule has 0 atom stereocenters. The molecule has 9 nitrogen and oxygen atoms in total. The molecule has 14 heteroatoms. The van der Waals surface area contributed by atoms with Gasteiger partial charge in [0.1, 0.15) is 5.69 Å². The van der Waals surface area contributed by atoms with Gasteiger partial charge in [-0.3, -0.25) is 19.1 Å². The van der Waals surface area contributed by atoms with Gasteiger partial charge in [-0.25, -0.2) is 8.42 Å². The lowest BCUT2D eigenvalue weighted by atomic mass is 10.2. The van der Waals surface area contributed by atoms with Gasteiger partial charge in [0.15, 0.2) is 5.82 Å². The molecule has 0 unspecified atom stereocenters. The first-order valence-corrected chi connectivity index (χ1v) is 11.9. The van der Waals surface area contributed by atoms with Crippen molar-refractivity contribution in [2.45, 2.75) is 18.0 Å². The average Bonchev–Trinajstić information content (AvgIpc) is 3.24. The van der Waals surface area contributed by atoms with E-state index in [9.17, 15) is 26.4 Å². The predicted octanol–water partition coefficient (Wildman–Crippen LogP) is 4.21. The van der Waals surface area contributed by atoms with Crippen molar-refractivity contribution in [1.29, 1.82) is 0 Å². The number of primary amides is 1. The van der Waals surface area contributed by atoms with Crippen LogP contribution < -0.4 is 10.5 Å². The van der Waals surface area contributed by atoms with E-state index < -0.39 is 37.6 Å². The molecular weight excluding hydrogens is 521 g/mol. The minimum atomic E-state index is -4.87. The van der Waals surface area contributed by atoms with Crippen LogP contribution in [0, 0.1) is 6.92 Å². The number of rotatable bonds is 6. The second kappa shape index (κ2) is 9.24. The van der Waals surface area contributed by atoms with Crippen molar-refractivity contribution in [2.75, 3.05) is 4.72 Å². The summed E-state index contributed by atoms with van der Waals surface area (Å²) in [6, 6.07) is 12.0. The maximum absolute atomic E-state index is 13.3. The molecular formula is C22H16ClF3N6O3S. The number of carbonyl (C=O) groups is 1. The Morgan fingerprint density at radius 3 is 2.42 bits per heavy atom. The molecule has 2 aromatic heterocycles. The van der Waals surface area contributed by atoms with Crippen molar-refractivity contribution >= 4 is 33.2 Å². The van der Waals surface area contributed by atoms with Crippen molar-refractivity contribution in [2.24, 2.45) is 5.73 Å². The lowest BCUT2D eigenvalue weighted by Crippen LogP contribution is -2.18. The molecule has 3 N–H and O–H groups in total. The smallest absolute Gasteiger partial charge is 0.363 e. The van der Waals surface area contributed by atoms with E-state index in [2.05, 4.69) is 19.9 Å². The first kappa shape index (κ1) is 25.1. The van der Waals surface area contributed by atoms with Crippen molar-refractivity contribution in [3.8, 4) is 17.2 Å². The number of hydrogen-bond acceptors (Lipinski definition) is 6. The highest BCUT2D eigenvalue weighted by Gasteiger charge is 2.35. The van der Waals surface area contributed by atoms with Crippen molar-refractivity contribution in [3.05, 3.63) is 82.8 Å². The fourth-order valence-corrected chi connectivity index (χ4v) is 4.64. The van der Waals surface area contributed by atoms with E-state index in [4.69, 9.17) is 17.3 Å². The van der Waals surface area contributed by atoms with Gasteiger partial charge in [-0.15, -0.1) is 10.2 Å². The fourth-order valence-electron chi connectivity index (χ4n) is 3.34. The number of anilines is 1. The average molecular weight is 537 g/mol. The Morgan fingerprint density at radius 1 is 1.08 bits per heavy atom. The quantitative estimate of drug-likeness (QED) is 0.379. The Labute approximate surface area is 207 Å². The van der Waals surface area contributed by atoms with E-state index >= 15 is 0 Å². The van der Waals surface area contributed by atoms with Gasteiger partial charge in [0.2, 0.25) is 5.82 Å². The summed E-state index contributed by atoms with van der Waals surface area (Å²) in [5.74, 6) is -1.16. The zero-order chi connectivity index (χ0) is 26.3. The van der Waals surface area contributed by atoms with E-state index in [1.165, 1.54) is 16.8 Å². The van der Waals surface area contributed by atoms with Gasteiger partial charge in [0.25, 0.3) is 15.9 Å². The lowest BCUT2D eigenvalue weighted by Gasteiger charge is -2.15.